The highest BCUT2D eigenvalue weighted by molar-refractivity contribution is 5.59. The van der Waals surface area contributed by atoms with Gasteiger partial charge in [0.2, 0.25) is 0 Å². The van der Waals surface area contributed by atoms with Gasteiger partial charge in [-0.2, -0.15) is 0 Å². The smallest absolute Gasteiger partial charge is 0.182 e. The van der Waals surface area contributed by atoms with Crippen LogP contribution in [0.15, 0.2) is 24.3 Å². The predicted octanol–water partition coefficient (Wildman–Crippen LogP) is 3.49. The molecule has 1 aromatic heterocycles. The van der Waals surface area contributed by atoms with Gasteiger partial charge in [0.15, 0.2) is 11.6 Å². The van der Waals surface area contributed by atoms with Crippen molar-refractivity contribution in [3.63, 3.8) is 0 Å². The maximum absolute atomic E-state index is 13.6. The molecule has 0 amide bonds. The lowest BCUT2D eigenvalue weighted by Gasteiger charge is -2.10. The molecule has 20 heavy (non-hydrogen) atoms. The van der Waals surface area contributed by atoms with E-state index in [4.69, 9.17) is 0 Å². The Labute approximate surface area is 116 Å². The van der Waals surface area contributed by atoms with Crippen LogP contribution in [0.25, 0.3) is 0 Å². The first-order valence-electron chi connectivity index (χ1n) is 6.47. The number of halogens is 2. The average Bonchev–Trinajstić information content (AvgIpc) is 2.44. The Morgan fingerprint density at radius 2 is 1.85 bits per heavy atom. The second-order valence-corrected chi connectivity index (χ2v) is 4.16. The lowest BCUT2D eigenvalue weighted by Crippen LogP contribution is -2.06. The normalized spacial score (nSPS) is 10.4. The average molecular weight is 278 g/mol. The van der Waals surface area contributed by atoms with Gasteiger partial charge >= 0.3 is 0 Å². The van der Waals surface area contributed by atoms with E-state index in [1.807, 2.05) is 13.8 Å². The molecule has 0 aliphatic rings. The molecule has 1 heterocycles. The predicted molar refractivity (Wildman–Crippen MR) is 75.2 cm³/mol. The van der Waals surface area contributed by atoms with Gasteiger partial charge in [-0.25, -0.2) is 18.7 Å². The van der Waals surface area contributed by atoms with Crippen molar-refractivity contribution in [2.75, 3.05) is 17.2 Å². The van der Waals surface area contributed by atoms with E-state index >= 15 is 0 Å². The van der Waals surface area contributed by atoms with Crippen LogP contribution in [0, 0.1) is 11.6 Å². The summed E-state index contributed by atoms with van der Waals surface area (Å²) in [5, 5.41) is 5.86. The fourth-order valence-electron chi connectivity index (χ4n) is 1.73. The molecule has 0 radical (unpaired) electrons. The van der Waals surface area contributed by atoms with Gasteiger partial charge < -0.3 is 10.6 Å². The molecule has 0 saturated heterocycles. The van der Waals surface area contributed by atoms with Gasteiger partial charge in [0.05, 0.1) is 5.69 Å². The molecule has 106 valence electrons. The summed E-state index contributed by atoms with van der Waals surface area (Å²) in [6.07, 6.45) is 0.652. The van der Waals surface area contributed by atoms with E-state index in [0.29, 0.717) is 30.4 Å². The van der Waals surface area contributed by atoms with Crippen LogP contribution in [-0.2, 0) is 6.42 Å². The number of aryl methyl sites for hydroxylation is 1. The summed E-state index contributed by atoms with van der Waals surface area (Å²) in [6.45, 7) is 4.60. The van der Waals surface area contributed by atoms with Crippen LogP contribution in [-0.4, -0.2) is 16.5 Å². The van der Waals surface area contributed by atoms with Crippen LogP contribution in [0.4, 0.5) is 26.1 Å². The lowest BCUT2D eigenvalue weighted by molar-refractivity contribution is 0.511. The van der Waals surface area contributed by atoms with Crippen LogP contribution in [0.3, 0.4) is 0 Å². The topological polar surface area (TPSA) is 49.8 Å². The van der Waals surface area contributed by atoms with Crippen molar-refractivity contribution in [3.8, 4) is 0 Å². The van der Waals surface area contributed by atoms with Crippen molar-refractivity contribution in [3.05, 3.63) is 41.7 Å². The van der Waals surface area contributed by atoms with Crippen LogP contribution in [0.2, 0.25) is 0 Å². The minimum atomic E-state index is -0.922. The van der Waals surface area contributed by atoms with E-state index in [2.05, 4.69) is 20.6 Å². The van der Waals surface area contributed by atoms with Crippen molar-refractivity contribution >= 4 is 17.3 Å². The monoisotopic (exact) mass is 278 g/mol. The van der Waals surface area contributed by atoms with Gasteiger partial charge in [0, 0.05) is 19.0 Å². The van der Waals surface area contributed by atoms with Crippen LogP contribution in [0.5, 0.6) is 0 Å². The van der Waals surface area contributed by atoms with Gasteiger partial charge in [0.25, 0.3) is 0 Å². The largest absolute Gasteiger partial charge is 0.370 e. The summed E-state index contributed by atoms with van der Waals surface area (Å²) in [5.74, 6) is -0.112. The maximum atomic E-state index is 13.6. The molecular weight excluding hydrogens is 262 g/mol. The molecule has 6 heteroatoms. The zero-order valence-corrected chi connectivity index (χ0v) is 11.4. The lowest BCUT2D eigenvalue weighted by atomic mass is 10.3. The van der Waals surface area contributed by atoms with Crippen molar-refractivity contribution in [1.29, 1.82) is 0 Å². The fraction of sp³-hybridized carbons (Fsp3) is 0.286. The molecule has 2 rings (SSSR count). The second kappa shape index (κ2) is 6.27. The minimum absolute atomic E-state index is 0.0493. The number of nitrogens with zero attached hydrogens (tertiary/aromatic N) is 2. The van der Waals surface area contributed by atoms with Crippen LogP contribution >= 0.6 is 0 Å². The molecule has 0 bridgehead atoms. The summed E-state index contributed by atoms with van der Waals surface area (Å²) in [5.41, 5.74) is 0.0493. The summed E-state index contributed by atoms with van der Waals surface area (Å²) >= 11 is 0. The number of aromatic nitrogens is 2. The van der Waals surface area contributed by atoms with E-state index in [0.717, 1.165) is 6.07 Å². The van der Waals surface area contributed by atoms with Gasteiger partial charge in [-0.15, -0.1) is 0 Å². The molecule has 0 aliphatic carbocycles. The standard InChI is InChI=1S/C14H16F2N4/c1-3-11-19-12(17-4-2)8-13(20-11)18-10-7-5-6-9(15)14(10)16/h5-8H,3-4H2,1-2H3,(H2,17,18,19,20). The Hall–Kier alpha value is -2.24. The summed E-state index contributed by atoms with van der Waals surface area (Å²) in [6, 6.07) is 5.63. The van der Waals surface area contributed by atoms with Gasteiger partial charge in [-0.1, -0.05) is 13.0 Å². The summed E-state index contributed by atoms with van der Waals surface area (Å²) < 4.78 is 26.8. The summed E-state index contributed by atoms with van der Waals surface area (Å²) in [4.78, 5) is 8.54. The second-order valence-electron chi connectivity index (χ2n) is 4.16. The zero-order chi connectivity index (χ0) is 14.5. The summed E-state index contributed by atoms with van der Waals surface area (Å²) in [7, 11) is 0. The van der Waals surface area contributed by atoms with E-state index in [1.165, 1.54) is 12.1 Å². The first-order valence-corrected chi connectivity index (χ1v) is 6.47. The van der Waals surface area contributed by atoms with Crippen LogP contribution in [0.1, 0.15) is 19.7 Å². The van der Waals surface area contributed by atoms with E-state index in [-0.39, 0.29) is 5.69 Å². The Kier molecular flexibility index (Phi) is 4.45. The Morgan fingerprint density at radius 3 is 2.55 bits per heavy atom. The molecule has 2 N–H and O–H groups in total. The minimum Gasteiger partial charge on any atom is -0.370 e. The number of hydrogen-bond acceptors (Lipinski definition) is 4. The highest BCUT2D eigenvalue weighted by Crippen LogP contribution is 2.22. The zero-order valence-electron chi connectivity index (χ0n) is 11.4. The maximum Gasteiger partial charge on any atom is 0.182 e. The molecule has 0 atom stereocenters. The number of rotatable bonds is 5. The number of hydrogen-bond donors (Lipinski definition) is 2. The van der Waals surface area contributed by atoms with Crippen molar-refractivity contribution in [1.82, 2.24) is 9.97 Å². The molecular formula is C14H16F2N4. The SMILES string of the molecule is CCNc1cc(Nc2cccc(F)c2F)nc(CC)n1. The highest BCUT2D eigenvalue weighted by Gasteiger charge is 2.09. The molecule has 4 nitrogen and oxygen atoms in total. The molecule has 1 aromatic carbocycles. The first kappa shape index (κ1) is 14.2. The highest BCUT2D eigenvalue weighted by atomic mass is 19.2. The number of anilines is 3. The first-order chi connectivity index (χ1) is 9.63. The molecule has 0 fully saturated rings. The van der Waals surface area contributed by atoms with E-state index in [1.54, 1.807) is 6.07 Å². The number of benzene rings is 1. The Bertz CT molecular complexity index is 602. The third kappa shape index (κ3) is 3.20. The Balaban J connectivity index is 2.32. The van der Waals surface area contributed by atoms with Gasteiger partial charge in [-0.05, 0) is 19.1 Å². The van der Waals surface area contributed by atoms with E-state index < -0.39 is 11.6 Å². The third-order valence-corrected chi connectivity index (χ3v) is 2.66. The molecule has 0 saturated carbocycles. The van der Waals surface area contributed by atoms with E-state index in [9.17, 15) is 8.78 Å². The van der Waals surface area contributed by atoms with Crippen molar-refractivity contribution < 1.29 is 8.78 Å². The third-order valence-electron chi connectivity index (χ3n) is 2.66. The molecule has 0 aliphatic heterocycles. The van der Waals surface area contributed by atoms with Crippen molar-refractivity contribution in [2.45, 2.75) is 20.3 Å². The number of nitrogens with one attached hydrogen (secondary N) is 2. The molecule has 0 spiro atoms. The van der Waals surface area contributed by atoms with Gasteiger partial charge in [0.1, 0.15) is 17.5 Å². The fourth-order valence-corrected chi connectivity index (χ4v) is 1.73. The quantitative estimate of drug-likeness (QED) is 0.879. The van der Waals surface area contributed by atoms with Crippen LogP contribution < -0.4 is 10.6 Å². The van der Waals surface area contributed by atoms with Gasteiger partial charge in [-0.3, -0.25) is 0 Å². The molecule has 2 aromatic rings. The Morgan fingerprint density at radius 1 is 1.10 bits per heavy atom. The van der Waals surface area contributed by atoms with Crippen molar-refractivity contribution in [2.24, 2.45) is 0 Å². The molecule has 0 unspecified atom stereocenters.